The molecule has 0 atom stereocenters. The van der Waals surface area contributed by atoms with Gasteiger partial charge in [0.2, 0.25) is 0 Å². The van der Waals surface area contributed by atoms with Gasteiger partial charge in [0.05, 0.1) is 6.10 Å². The first-order valence-corrected chi connectivity index (χ1v) is 7.46. The van der Waals surface area contributed by atoms with Crippen molar-refractivity contribution >= 4 is 11.5 Å². The first-order valence-electron chi connectivity index (χ1n) is 7.46. The molecule has 2 rings (SSSR count). The highest BCUT2D eigenvalue weighted by Crippen LogP contribution is 2.27. The van der Waals surface area contributed by atoms with Crippen molar-refractivity contribution in [2.45, 2.75) is 45.3 Å². The molecule has 0 aromatic carbocycles. The lowest BCUT2D eigenvalue weighted by Crippen LogP contribution is -2.42. The van der Waals surface area contributed by atoms with Gasteiger partial charge in [-0.3, -0.25) is 13.9 Å². The maximum absolute atomic E-state index is 12.2. The monoisotopic (exact) mass is 296 g/mol. The predicted octanol–water partition coefficient (Wildman–Crippen LogP) is 0.112. The summed E-state index contributed by atoms with van der Waals surface area (Å²) in [7, 11) is 1.46. The Morgan fingerprint density at radius 2 is 2.05 bits per heavy atom. The number of unbranched alkanes of at least 4 members (excludes halogenated alkanes) is 1. The van der Waals surface area contributed by atoms with Crippen LogP contribution >= 0.6 is 0 Å². The average molecular weight is 296 g/mol. The smallest absolute Gasteiger partial charge is 0.332 e. The van der Waals surface area contributed by atoms with E-state index in [2.05, 4.69) is 5.32 Å². The van der Waals surface area contributed by atoms with Gasteiger partial charge < -0.3 is 16.2 Å². The lowest BCUT2D eigenvalue weighted by Gasteiger charge is -2.31. The van der Waals surface area contributed by atoms with E-state index in [4.69, 9.17) is 5.73 Å². The minimum absolute atomic E-state index is 0.205. The Morgan fingerprint density at radius 1 is 1.38 bits per heavy atom. The number of aromatic nitrogens is 2. The minimum atomic E-state index is -0.398. The molecule has 4 N–H and O–H groups in total. The van der Waals surface area contributed by atoms with Gasteiger partial charge in [-0.05, 0) is 25.2 Å². The van der Waals surface area contributed by atoms with Crippen molar-refractivity contribution in [3.05, 3.63) is 20.8 Å². The first-order chi connectivity index (χ1) is 9.95. The van der Waals surface area contributed by atoms with Crippen LogP contribution in [0.3, 0.4) is 0 Å². The van der Waals surface area contributed by atoms with Gasteiger partial charge >= 0.3 is 5.69 Å². The number of hydrogen-bond acceptors (Lipinski definition) is 5. The predicted molar refractivity (Wildman–Crippen MR) is 82.5 cm³/mol. The lowest BCUT2D eigenvalue weighted by molar-refractivity contribution is 0.0487. The molecule has 0 bridgehead atoms. The van der Waals surface area contributed by atoms with E-state index in [1.165, 1.54) is 11.6 Å². The Bertz CT molecular complexity index is 614. The molecule has 0 aliphatic heterocycles. The zero-order valence-corrected chi connectivity index (χ0v) is 12.6. The van der Waals surface area contributed by atoms with Crippen molar-refractivity contribution in [3.8, 4) is 0 Å². The van der Waals surface area contributed by atoms with Gasteiger partial charge in [-0.2, -0.15) is 0 Å². The number of nitrogens with two attached hydrogens (primary N) is 1. The molecule has 0 unspecified atom stereocenters. The van der Waals surface area contributed by atoms with Crippen LogP contribution in [-0.2, 0) is 13.6 Å². The van der Waals surface area contributed by atoms with E-state index < -0.39 is 5.56 Å². The summed E-state index contributed by atoms with van der Waals surface area (Å²) in [5.74, 6) is 0.552. The van der Waals surface area contributed by atoms with Crippen LogP contribution in [0, 0.1) is 5.92 Å². The van der Waals surface area contributed by atoms with Gasteiger partial charge in [-0.25, -0.2) is 4.79 Å². The van der Waals surface area contributed by atoms with Crippen LogP contribution in [0.2, 0.25) is 0 Å². The van der Waals surface area contributed by atoms with Gasteiger partial charge in [0.25, 0.3) is 5.56 Å². The molecule has 1 aliphatic rings. The van der Waals surface area contributed by atoms with Gasteiger partial charge in [0.15, 0.2) is 0 Å². The van der Waals surface area contributed by atoms with E-state index in [0.717, 1.165) is 30.3 Å². The summed E-state index contributed by atoms with van der Waals surface area (Å²) in [6.07, 6.45) is 3.02. The van der Waals surface area contributed by atoms with Crippen LogP contribution in [0.1, 0.15) is 32.6 Å². The molecular formula is C14H24N4O3. The Morgan fingerprint density at radius 3 is 2.62 bits per heavy atom. The molecule has 0 radical (unpaired) electrons. The molecule has 1 heterocycles. The largest absolute Gasteiger partial charge is 0.393 e. The summed E-state index contributed by atoms with van der Waals surface area (Å²) in [4.78, 5) is 24.3. The molecule has 7 nitrogen and oxygen atoms in total. The summed E-state index contributed by atoms with van der Waals surface area (Å²) < 4.78 is 2.53. The molecule has 7 heteroatoms. The molecular weight excluding hydrogens is 272 g/mol. The second kappa shape index (κ2) is 6.34. The van der Waals surface area contributed by atoms with Crippen LogP contribution in [0.25, 0.3) is 0 Å². The second-order valence-corrected chi connectivity index (χ2v) is 5.78. The molecule has 1 saturated carbocycles. The topological polar surface area (TPSA) is 102 Å². The maximum Gasteiger partial charge on any atom is 0.332 e. The van der Waals surface area contributed by atoms with Gasteiger partial charge in [-0.1, -0.05) is 13.3 Å². The van der Waals surface area contributed by atoms with E-state index >= 15 is 0 Å². The standard InChI is InChI=1S/C14H24N4O3/c1-3-4-5-18-12(15)11(13(20)17(2)14(18)21)16-8-9-6-10(19)7-9/h9-10,16,19H,3-8,15H2,1-2H3. The summed E-state index contributed by atoms with van der Waals surface area (Å²) in [5.41, 5.74) is 5.51. The Hall–Kier alpha value is -1.76. The molecule has 0 amide bonds. The highest BCUT2D eigenvalue weighted by atomic mass is 16.3. The fourth-order valence-corrected chi connectivity index (χ4v) is 2.60. The summed E-state index contributed by atoms with van der Waals surface area (Å²) in [6, 6.07) is 0. The van der Waals surface area contributed by atoms with Crippen LogP contribution in [0.15, 0.2) is 9.59 Å². The van der Waals surface area contributed by atoms with Crippen molar-refractivity contribution in [2.24, 2.45) is 13.0 Å². The van der Waals surface area contributed by atoms with Crippen LogP contribution in [0.4, 0.5) is 11.5 Å². The number of aliphatic hydroxyl groups excluding tert-OH is 1. The summed E-state index contributed by atoms with van der Waals surface area (Å²) in [5, 5.41) is 12.3. The van der Waals surface area contributed by atoms with E-state index in [-0.39, 0.29) is 23.3 Å². The molecule has 0 spiro atoms. The van der Waals surface area contributed by atoms with Crippen LogP contribution in [-0.4, -0.2) is 26.9 Å². The molecule has 1 aromatic heterocycles. The Kier molecular flexibility index (Phi) is 4.72. The normalized spacial score (nSPS) is 21.1. The fraction of sp³-hybridized carbons (Fsp3) is 0.714. The minimum Gasteiger partial charge on any atom is -0.393 e. The number of nitrogens with one attached hydrogen (secondary N) is 1. The third-order valence-corrected chi connectivity index (χ3v) is 4.10. The average Bonchev–Trinajstić information content (AvgIpc) is 2.43. The molecule has 1 aromatic rings. The number of nitrogens with zero attached hydrogens (tertiary/aromatic N) is 2. The number of rotatable bonds is 6. The van der Waals surface area contributed by atoms with Crippen molar-refractivity contribution < 1.29 is 5.11 Å². The molecule has 0 saturated heterocycles. The van der Waals surface area contributed by atoms with Gasteiger partial charge in [-0.15, -0.1) is 0 Å². The van der Waals surface area contributed by atoms with E-state index in [0.29, 0.717) is 19.0 Å². The van der Waals surface area contributed by atoms with Crippen molar-refractivity contribution in [1.82, 2.24) is 9.13 Å². The Balaban J connectivity index is 2.24. The number of nitrogen functional groups attached to an aromatic ring is 1. The number of anilines is 2. The third-order valence-electron chi connectivity index (χ3n) is 4.10. The number of aliphatic hydroxyl groups is 1. The first kappa shape index (κ1) is 15.6. The molecule has 118 valence electrons. The fourth-order valence-electron chi connectivity index (χ4n) is 2.60. The van der Waals surface area contributed by atoms with Crippen molar-refractivity contribution in [3.63, 3.8) is 0 Å². The van der Waals surface area contributed by atoms with Gasteiger partial charge in [0, 0.05) is 20.1 Å². The van der Waals surface area contributed by atoms with E-state index in [9.17, 15) is 14.7 Å². The lowest BCUT2D eigenvalue weighted by atomic mass is 9.82. The quantitative estimate of drug-likeness (QED) is 0.691. The highest BCUT2D eigenvalue weighted by Gasteiger charge is 2.27. The Labute approximate surface area is 123 Å². The van der Waals surface area contributed by atoms with E-state index in [1.807, 2.05) is 6.92 Å². The van der Waals surface area contributed by atoms with Crippen LogP contribution < -0.4 is 22.3 Å². The van der Waals surface area contributed by atoms with E-state index in [1.54, 1.807) is 0 Å². The van der Waals surface area contributed by atoms with Crippen molar-refractivity contribution in [2.75, 3.05) is 17.6 Å². The second-order valence-electron chi connectivity index (χ2n) is 5.78. The van der Waals surface area contributed by atoms with Crippen LogP contribution in [0.5, 0.6) is 0 Å². The molecule has 1 aliphatic carbocycles. The molecule has 1 fully saturated rings. The van der Waals surface area contributed by atoms with Crippen molar-refractivity contribution in [1.29, 1.82) is 0 Å². The highest BCUT2D eigenvalue weighted by molar-refractivity contribution is 5.60. The zero-order valence-electron chi connectivity index (χ0n) is 12.6. The zero-order chi connectivity index (χ0) is 15.6. The SMILES string of the molecule is CCCCn1c(N)c(NCC2CC(O)C2)c(=O)n(C)c1=O. The number of hydrogen-bond donors (Lipinski definition) is 3. The molecule has 21 heavy (non-hydrogen) atoms. The van der Waals surface area contributed by atoms with Gasteiger partial charge in [0.1, 0.15) is 11.5 Å². The summed E-state index contributed by atoms with van der Waals surface area (Å²) >= 11 is 0. The maximum atomic E-state index is 12.2. The third kappa shape index (κ3) is 3.12. The summed E-state index contributed by atoms with van der Waals surface area (Å²) in [6.45, 7) is 3.12.